The third-order valence-corrected chi connectivity index (χ3v) is 13.7. The molecule has 1 N–H and O–H groups in total. The largest absolute Gasteiger partial charge is 0.491 e. The van der Waals surface area contributed by atoms with Gasteiger partial charge in [-0.05, 0) is 89.7 Å². The number of benzene rings is 1. The lowest BCUT2D eigenvalue weighted by molar-refractivity contribution is 0.0172. The standard InChI is InChI=1S/C37H55N5O7Si/c1-24-32(25(2)48-41-24)30-20-31(34(43)38-21-26-15-17-45-18-16-26)40-33(39-30)27-13-12-14-28(19-27)46-23-29(49-50(10,11)37(6,7)8)22-42(9)35(44)47-36(3,4)5/h12-14,19-20,26,29H,15-18,21-23H2,1-11H3,(H,38,43). The van der Waals surface area contributed by atoms with Crippen LogP contribution in [0.4, 0.5) is 4.79 Å². The summed E-state index contributed by atoms with van der Waals surface area (Å²) < 4.78 is 29.6. The number of aryl methyl sites for hydroxylation is 2. The molecule has 50 heavy (non-hydrogen) atoms. The van der Waals surface area contributed by atoms with Crippen LogP contribution in [-0.2, 0) is 13.9 Å². The molecular weight excluding hydrogens is 655 g/mol. The first-order chi connectivity index (χ1) is 23.3. The molecule has 12 nitrogen and oxygen atoms in total. The number of aromatic nitrogens is 3. The van der Waals surface area contributed by atoms with Crippen LogP contribution >= 0.6 is 0 Å². The van der Waals surface area contributed by atoms with Gasteiger partial charge in [0.15, 0.2) is 14.1 Å². The first-order valence-corrected chi connectivity index (χ1v) is 20.3. The minimum atomic E-state index is -2.23. The Morgan fingerprint density at radius 3 is 2.38 bits per heavy atom. The number of hydrogen-bond acceptors (Lipinski definition) is 10. The SMILES string of the molecule is Cc1noc(C)c1-c1cc(C(=O)NCC2CCOCC2)nc(-c2cccc(OCC(CN(C)C(=O)OC(C)(C)C)O[Si](C)(C)C(C)(C)C)c2)n1. The normalized spacial score (nSPS) is 15.0. The number of hydrogen-bond donors (Lipinski definition) is 1. The van der Waals surface area contributed by atoms with Gasteiger partial charge in [-0.3, -0.25) is 4.79 Å². The van der Waals surface area contributed by atoms with Crippen LogP contribution in [0.2, 0.25) is 18.1 Å². The third-order valence-electron chi connectivity index (χ3n) is 9.12. The van der Waals surface area contributed by atoms with E-state index in [1.807, 2.05) is 58.9 Å². The highest BCUT2D eigenvalue weighted by atomic mass is 28.4. The number of likely N-dealkylation sites (N-methyl/N-ethyl adjacent to an activating group) is 1. The number of carbonyl (C=O) groups excluding carboxylic acids is 2. The van der Waals surface area contributed by atoms with Crippen LogP contribution in [0.15, 0.2) is 34.9 Å². The summed E-state index contributed by atoms with van der Waals surface area (Å²) in [6, 6.07) is 9.11. The molecule has 1 aliphatic rings. The maximum absolute atomic E-state index is 13.5. The highest BCUT2D eigenvalue weighted by Crippen LogP contribution is 2.37. The van der Waals surface area contributed by atoms with Crippen molar-refractivity contribution in [2.24, 2.45) is 5.92 Å². The van der Waals surface area contributed by atoms with Crippen molar-refractivity contribution in [1.82, 2.24) is 25.3 Å². The zero-order valence-electron chi connectivity index (χ0n) is 31.6. The average molecular weight is 710 g/mol. The molecule has 1 atom stereocenters. The van der Waals surface area contributed by atoms with Gasteiger partial charge >= 0.3 is 6.09 Å². The van der Waals surface area contributed by atoms with Crippen molar-refractivity contribution in [1.29, 1.82) is 0 Å². The van der Waals surface area contributed by atoms with E-state index in [0.29, 0.717) is 60.0 Å². The second-order valence-electron chi connectivity index (χ2n) is 15.6. The van der Waals surface area contributed by atoms with E-state index in [0.717, 1.165) is 18.4 Å². The molecule has 0 aliphatic carbocycles. The predicted molar refractivity (Wildman–Crippen MR) is 195 cm³/mol. The van der Waals surface area contributed by atoms with Gasteiger partial charge in [-0.2, -0.15) is 0 Å². The van der Waals surface area contributed by atoms with E-state index in [9.17, 15) is 9.59 Å². The van der Waals surface area contributed by atoms with Gasteiger partial charge < -0.3 is 33.4 Å². The average Bonchev–Trinajstić information content (AvgIpc) is 3.38. The molecule has 1 fully saturated rings. The van der Waals surface area contributed by atoms with E-state index < -0.39 is 26.1 Å². The van der Waals surface area contributed by atoms with Crippen molar-refractivity contribution in [2.45, 2.75) is 98.1 Å². The molecule has 1 saturated heterocycles. The zero-order valence-corrected chi connectivity index (χ0v) is 32.6. The first-order valence-electron chi connectivity index (χ1n) is 17.4. The molecule has 274 valence electrons. The van der Waals surface area contributed by atoms with Crippen LogP contribution in [-0.4, -0.2) is 92.0 Å². The Labute approximate surface area is 297 Å². The Bertz CT molecular complexity index is 1600. The summed E-state index contributed by atoms with van der Waals surface area (Å²) in [6.45, 7) is 22.5. The molecular formula is C37H55N5O7Si. The van der Waals surface area contributed by atoms with E-state index >= 15 is 0 Å². The molecule has 3 heterocycles. The Balaban J connectivity index is 1.60. The fraction of sp³-hybridized carbons (Fsp3) is 0.595. The van der Waals surface area contributed by atoms with Gasteiger partial charge in [0.1, 0.15) is 29.4 Å². The van der Waals surface area contributed by atoms with Gasteiger partial charge in [0.05, 0.1) is 29.6 Å². The van der Waals surface area contributed by atoms with Crippen LogP contribution < -0.4 is 10.1 Å². The Hall–Kier alpha value is -3.81. The monoisotopic (exact) mass is 709 g/mol. The van der Waals surface area contributed by atoms with Crippen LogP contribution in [0.1, 0.15) is 76.3 Å². The van der Waals surface area contributed by atoms with E-state index in [-0.39, 0.29) is 29.8 Å². The minimum absolute atomic E-state index is 0.0476. The lowest BCUT2D eigenvalue weighted by atomic mass is 10.0. The summed E-state index contributed by atoms with van der Waals surface area (Å²) >= 11 is 0. The molecule has 0 saturated carbocycles. The lowest BCUT2D eigenvalue weighted by Crippen LogP contribution is -2.49. The lowest BCUT2D eigenvalue weighted by Gasteiger charge is -2.40. The molecule has 3 aromatic rings. The van der Waals surface area contributed by atoms with Crippen molar-refractivity contribution < 1.29 is 32.7 Å². The topological polar surface area (TPSA) is 138 Å². The Morgan fingerprint density at radius 2 is 1.76 bits per heavy atom. The summed E-state index contributed by atoms with van der Waals surface area (Å²) in [5, 5.41) is 7.12. The van der Waals surface area contributed by atoms with Crippen LogP contribution in [0.3, 0.4) is 0 Å². The fourth-order valence-electron chi connectivity index (χ4n) is 5.30. The van der Waals surface area contributed by atoms with Gasteiger partial charge in [0.2, 0.25) is 0 Å². The van der Waals surface area contributed by atoms with Gasteiger partial charge in [-0.15, -0.1) is 0 Å². The molecule has 2 amide bonds. The van der Waals surface area contributed by atoms with Crippen molar-refractivity contribution >= 4 is 20.3 Å². The molecule has 2 aromatic heterocycles. The predicted octanol–water partition coefficient (Wildman–Crippen LogP) is 7.21. The summed E-state index contributed by atoms with van der Waals surface area (Å²) in [5.41, 5.74) is 2.23. The Morgan fingerprint density at radius 1 is 1.06 bits per heavy atom. The smallest absolute Gasteiger partial charge is 0.410 e. The second-order valence-corrected chi connectivity index (χ2v) is 20.4. The van der Waals surface area contributed by atoms with Gasteiger partial charge in [0.25, 0.3) is 5.91 Å². The van der Waals surface area contributed by atoms with Gasteiger partial charge in [-0.1, -0.05) is 38.1 Å². The van der Waals surface area contributed by atoms with E-state index in [1.54, 1.807) is 13.1 Å². The van der Waals surface area contributed by atoms with Crippen LogP contribution in [0, 0.1) is 19.8 Å². The maximum Gasteiger partial charge on any atom is 0.410 e. The number of carbonyl (C=O) groups is 2. The van der Waals surface area contributed by atoms with Crippen LogP contribution in [0.5, 0.6) is 5.75 Å². The van der Waals surface area contributed by atoms with Gasteiger partial charge in [0, 0.05) is 32.4 Å². The van der Waals surface area contributed by atoms with Crippen molar-refractivity contribution in [3.05, 3.63) is 47.5 Å². The van der Waals surface area contributed by atoms with E-state index in [1.165, 1.54) is 4.90 Å². The molecule has 1 unspecified atom stereocenters. The molecule has 0 spiro atoms. The third kappa shape index (κ3) is 10.6. The summed E-state index contributed by atoms with van der Waals surface area (Å²) in [6.07, 6.45) is 0.977. The van der Waals surface area contributed by atoms with Crippen LogP contribution in [0.25, 0.3) is 22.6 Å². The van der Waals surface area contributed by atoms with Crippen molar-refractivity contribution in [3.63, 3.8) is 0 Å². The molecule has 1 aromatic carbocycles. The maximum atomic E-state index is 13.5. The molecule has 4 rings (SSSR count). The molecule has 13 heteroatoms. The van der Waals surface area contributed by atoms with E-state index in [2.05, 4.69) is 44.3 Å². The van der Waals surface area contributed by atoms with Gasteiger partial charge in [-0.25, -0.2) is 14.8 Å². The first kappa shape index (κ1) is 39.0. The van der Waals surface area contributed by atoms with Crippen molar-refractivity contribution in [2.75, 3.05) is 40.0 Å². The fourth-order valence-corrected chi connectivity index (χ4v) is 6.63. The number of rotatable bonds is 12. The molecule has 0 bridgehead atoms. The summed E-state index contributed by atoms with van der Waals surface area (Å²) in [5.74, 6) is 1.62. The number of nitrogens with one attached hydrogen (secondary N) is 1. The van der Waals surface area contributed by atoms with Crippen molar-refractivity contribution in [3.8, 4) is 28.4 Å². The Kier molecular flexibility index (Phi) is 12.5. The zero-order chi connectivity index (χ0) is 36.9. The summed E-state index contributed by atoms with van der Waals surface area (Å²) in [7, 11) is -0.526. The van der Waals surface area contributed by atoms with E-state index in [4.69, 9.17) is 33.1 Å². The quantitative estimate of drug-likeness (QED) is 0.192. The highest BCUT2D eigenvalue weighted by molar-refractivity contribution is 6.74. The number of amides is 2. The number of ether oxygens (including phenoxy) is 3. The summed E-state index contributed by atoms with van der Waals surface area (Å²) in [4.78, 5) is 37.4. The number of nitrogens with zero attached hydrogens (tertiary/aromatic N) is 4. The second kappa shape index (κ2) is 16.0. The minimum Gasteiger partial charge on any atom is -0.491 e. The molecule has 0 radical (unpaired) electrons. The molecule has 1 aliphatic heterocycles. The highest BCUT2D eigenvalue weighted by Gasteiger charge is 2.40.